The number of hydrogen-bond acceptors (Lipinski definition) is 7. The maximum atomic E-state index is 13.5. The minimum Gasteiger partial charge on any atom is -0.391 e. The number of hydrogen-bond donors (Lipinski definition) is 1. The Balaban J connectivity index is 1.47. The highest BCUT2D eigenvalue weighted by Gasteiger charge is 2.37. The fourth-order valence-corrected chi connectivity index (χ4v) is 4.43. The van der Waals surface area contributed by atoms with Gasteiger partial charge in [-0.15, -0.1) is 0 Å². The van der Waals surface area contributed by atoms with Gasteiger partial charge in [-0.25, -0.2) is 4.98 Å². The van der Waals surface area contributed by atoms with Gasteiger partial charge < -0.3 is 14.5 Å². The standard InChI is InChI=1S/C20H21N5O3/c1-11-17-18(14-3-2-4-15(14)23-19(17)28-24-11)20(27)25-9-12(16(26)10-25)7-13-8-21-5-6-22-13/h5-6,8,12,16,26H,2-4,7,9-10H2,1H3/t12-,16-/m1/s1. The first-order valence-corrected chi connectivity index (χ1v) is 9.61. The van der Waals surface area contributed by atoms with Gasteiger partial charge in [0.25, 0.3) is 11.6 Å². The summed E-state index contributed by atoms with van der Waals surface area (Å²) in [6.07, 6.45) is 7.66. The maximum absolute atomic E-state index is 13.5. The molecule has 0 unspecified atom stereocenters. The number of β-amino-alcohol motifs (C(OH)–C–C–N with tert-alkyl or cyclic N) is 1. The molecule has 0 spiro atoms. The average molecular weight is 379 g/mol. The molecule has 1 aliphatic carbocycles. The Labute approximate surface area is 161 Å². The van der Waals surface area contributed by atoms with Crippen molar-refractivity contribution in [3.63, 3.8) is 0 Å². The van der Waals surface area contributed by atoms with Gasteiger partial charge in [-0.1, -0.05) is 5.16 Å². The van der Waals surface area contributed by atoms with E-state index in [1.54, 1.807) is 23.5 Å². The van der Waals surface area contributed by atoms with Gasteiger partial charge in [0.2, 0.25) is 0 Å². The van der Waals surface area contributed by atoms with E-state index in [2.05, 4.69) is 20.1 Å². The van der Waals surface area contributed by atoms with E-state index in [-0.39, 0.29) is 11.8 Å². The minimum absolute atomic E-state index is 0.0606. The third kappa shape index (κ3) is 2.75. The Bertz CT molecular complexity index is 1050. The molecule has 1 amide bonds. The van der Waals surface area contributed by atoms with Crippen molar-refractivity contribution in [2.75, 3.05) is 13.1 Å². The zero-order chi connectivity index (χ0) is 19.3. The second-order valence-corrected chi connectivity index (χ2v) is 7.65. The van der Waals surface area contributed by atoms with Crippen molar-refractivity contribution in [2.24, 2.45) is 5.92 Å². The fraction of sp³-hybridized carbons (Fsp3) is 0.450. The first-order valence-electron chi connectivity index (χ1n) is 9.61. The molecule has 5 rings (SSSR count). The quantitative estimate of drug-likeness (QED) is 0.735. The lowest BCUT2D eigenvalue weighted by Crippen LogP contribution is -2.31. The number of aliphatic hydroxyl groups is 1. The van der Waals surface area contributed by atoms with E-state index in [4.69, 9.17) is 4.52 Å². The van der Waals surface area contributed by atoms with Crippen LogP contribution in [-0.2, 0) is 19.3 Å². The normalized spacial score (nSPS) is 21.4. The second kappa shape index (κ2) is 6.63. The molecule has 1 aliphatic heterocycles. The molecule has 1 fully saturated rings. The van der Waals surface area contributed by atoms with E-state index < -0.39 is 6.10 Å². The van der Waals surface area contributed by atoms with Crippen LogP contribution in [0.25, 0.3) is 11.1 Å². The molecule has 3 aromatic rings. The summed E-state index contributed by atoms with van der Waals surface area (Å²) in [5, 5.41) is 15.3. The molecule has 1 N–H and O–H groups in total. The summed E-state index contributed by atoms with van der Waals surface area (Å²) in [6, 6.07) is 0. The Morgan fingerprint density at radius 3 is 3.04 bits per heavy atom. The van der Waals surface area contributed by atoms with Crippen molar-refractivity contribution in [1.82, 2.24) is 25.0 Å². The summed E-state index contributed by atoms with van der Waals surface area (Å²) < 4.78 is 5.35. The highest BCUT2D eigenvalue weighted by atomic mass is 16.5. The number of likely N-dealkylation sites (tertiary alicyclic amines) is 1. The SMILES string of the molecule is Cc1noc2nc3c(c(C(=O)N4C[C@@H](Cc5cnccn5)[C@H](O)C4)c12)CCC3. The van der Waals surface area contributed by atoms with E-state index in [0.717, 1.165) is 36.2 Å². The number of fused-ring (bicyclic) bond motifs is 2. The molecular weight excluding hydrogens is 358 g/mol. The molecule has 0 bridgehead atoms. The van der Waals surface area contributed by atoms with Crippen molar-refractivity contribution in [1.29, 1.82) is 0 Å². The van der Waals surface area contributed by atoms with Crippen LogP contribution in [0, 0.1) is 12.8 Å². The Morgan fingerprint density at radius 1 is 1.32 bits per heavy atom. The summed E-state index contributed by atoms with van der Waals surface area (Å²) >= 11 is 0. The fourth-order valence-electron chi connectivity index (χ4n) is 4.43. The van der Waals surface area contributed by atoms with Gasteiger partial charge in [0.05, 0.1) is 28.4 Å². The molecule has 0 saturated carbocycles. The largest absolute Gasteiger partial charge is 0.391 e. The van der Waals surface area contributed by atoms with Crippen molar-refractivity contribution < 1.29 is 14.4 Å². The topological polar surface area (TPSA) is 105 Å². The van der Waals surface area contributed by atoms with Crippen molar-refractivity contribution >= 4 is 17.0 Å². The molecule has 4 heterocycles. The summed E-state index contributed by atoms with van der Waals surface area (Å²) in [7, 11) is 0. The van der Waals surface area contributed by atoms with Crippen LogP contribution in [0.4, 0.5) is 0 Å². The number of nitrogens with zero attached hydrogens (tertiary/aromatic N) is 5. The minimum atomic E-state index is -0.583. The van der Waals surface area contributed by atoms with Crippen molar-refractivity contribution in [2.45, 2.75) is 38.7 Å². The second-order valence-electron chi connectivity index (χ2n) is 7.65. The number of pyridine rings is 1. The van der Waals surface area contributed by atoms with E-state index in [1.165, 1.54) is 0 Å². The molecule has 0 aromatic carbocycles. The van der Waals surface area contributed by atoms with E-state index >= 15 is 0 Å². The van der Waals surface area contributed by atoms with Crippen LogP contribution in [0.15, 0.2) is 23.1 Å². The molecule has 144 valence electrons. The van der Waals surface area contributed by atoms with Crippen LogP contribution in [-0.4, -0.2) is 55.2 Å². The Kier molecular flexibility index (Phi) is 4.08. The third-order valence-corrected chi connectivity index (χ3v) is 5.82. The number of aliphatic hydroxyl groups excluding tert-OH is 1. The lowest BCUT2D eigenvalue weighted by atomic mass is 10.00. The van der Waals surface area contributed by atoms with Gasteiger partial charge in [-0.3, -0.25) is 14.8 Å². The van der Waals surface area contributed by atoms with Gasteiger partial charge in [0.1, 0.15) is 0 Å². The predicted octanol–water partition coefficient (Wildman–Crippen LogP) is 1.49. The Hall–Kier alpha value is -2.87. The van der Waals surface area contributed by atoms with Crippen LogP contribution in [0.1, 0.15) is 39.4 Å². The summed E-state index contributed by atoms with van der Waals surface area (Å²) in [5.74, 6) is -0.132. The lowest BCUT2D eigenvalue weighted by Gasteiger charge is -2.18. The monoisotopic (exact) mass is 379 g/mol. The Morgan fingerprint density at radius 2 is 2.21 bits per heavy atom. The number of aryl methyl sites for hydroxylation is 2. The highest BCUT2D eigenvalue weighted by molar-refractivity contribution is 6.07. The zero-order valence-corrected chi connectivity index (χ0v) is 15.6. The highest BCUT2D eigenvalue weighted by Crippen LogP contribution is 2.34. The van der Waals surface area contributed by atoms with E-state index in [0.29, 0.717) is 41.9 Å². The molecule has 3 aromatic heterocycles. The van der Waals surface area contributed by atoms with Gasteiger partial charge in [0, 0.05) is 43.3 Å². The molecule has 28 heavy (non-hydrogen) atoms. The van der Waals surface area contributed by atoms with Gasteiger partial charge in [-0.05, 0) is 38.2 Å². The molecule has 2 atom stereocenters. The first kappa shape index (κ1) is 17.2. The van der Waals surface area contributed by atoms with E-state index in [1.807, 2.05) is 6.92 Å². The molecule has 8 nitrogen and oxygen atoms in total. The van der Waals surface area contributed by atoms with Gasteiger partial charge >= 0.3 is 0 Å². The van der Waals surface area contributed by atoms with E-state index in [9.17, 15) is 9.90 Å². The molecular formula is C20H21N5O3. The average Bonchev–Trinajstić information content (AvgIpc) is 3.40. The summed E-state index contributed by atoms with van der Waals surface area (Å²) in [5.41, 5.74) is 4.53. The van der Waals surface area contributed by atoms with Gasteiger partial charge in [0.15, 0.2) is 0 Å². The summed E-state index contributed by atoms with van der Waals surface area (Å²) in [6.45, 7) is 2.63. The molecule has 0 radical (unpaired) electrons. The predicted molar refractivity (Wildman–Crippen MR) is 99.7 cm³/mol. The zero-order valence-electron chi connectivity index (χ0n) is 15.6. The molecule has 1 saturated heterocycles. The molecule has 8 heteroatoms. The van der Waals surface area contributed by atoms with Crippen molar-refractivity contribution in [3.05, 3.63) is 46.8 Å². The van der Waals surface area contributed by atoms with Crippen LogP contribution in [0.3, 0.4) is 0 Å². The number of aromatic nitrogens is 4. The number of carbonyl (C=O) groups is 1. The van der Waals surface area contributed by atoms with Gasteiger partial charge in [-0.2, -0.15) is 0 Å². The first-order chi connectivity index (χ1) is 13.6. The van der Waals surface area contributed by atoms with Crippen LogP contribution in [0.5, 0.6) is 0 Å². The van der Waals surface area contributed by atoms with Crippen LogP contribution in [0.2, 0.25) is 0 Å². The smallest absolute Gasteiger partial charge is 0.259 e. The van der Waals surface area contributed by atoms with Crippen LogP contribution >= 0.6 is 0 Å². The lowest BCUT2D eigenvalue weighted by molar-refractivity contribution is 0.0765. The number of amides is 1. The number of rotatable bonds is 3. The van der Waals surface area contributed by atoms with Crippen LogP contribution < -0.4 is 0 Å². The van der Waals surface area contributed by atoms with Crippen molar-refractivity contribution in [3.8, 4) is 0 Å². The number of carbonyl (C=O) groups excluding carboxylic acids is 1. The summed E-state index contributed by atoms with van der Waals surface area (Å²) in [4.78, 5) is 28.2. The maximum Gasteiger partial charge on any atom is 0.259 e. The molecule has 2 aliphatic rings. The third-order valence-electron chi connectivity index (χ3n) is 5.82.